The van der Waals surface area contributed by atoms with Gasteiger partial charge in [-0.15, -0.1) is 5.10 Å². The maximum Gasteiger partial charge on any atom is 0.228 e. The Hall–Kier alpha value is -3.06. The molecule has 3 aromatic rings. The number of amides is 1. The minimum absolute atomic E-state index is 0.00440. The van der Waals surface area contributed by atoms with Gasteiger partial charge in [-0.1, -0.05) is 36.4 Å². The molecule has 1 fully saturated rings. The standard InChI is InChI=1S/C21H24N6O/c1-16-9-10-19(12-20(16)27-15-22-24-25-27)23-21(28)18-8-5-11-26(14-18)13-17-6-3-2-4-7-17/h2-4,6-7,9-10,12,15,18H,5,8,11,13-14H2,1H3,(H,23,28). The Morgan fingerprint density at radius 3 is 2.86 bits per heavy atom. The fourth-order valence-corrected chi connectivity index (χ4v) is 3.70. The monoisotopic (exact) mass is 376 g/mol. The van der Waals surface area contributed by atoms with E-state index in [1.165, 1.54) is 5.56 Å². The van der Waals surface area contributed by atoms with Crippen LogP contribution in [0.15, 0.2) is 54.9 Å². The van der Waals surface area contributed by atoms with Crippen molar-refractivity contribution in [3.63, 3.8) is 0 Å². The first-order valence-corrected chi connectivity index (χ1v) is 9.60. The number of nitrogens with one attached hydrogen (secondary N) is 1. The van der Waals surface area contributed by atoms with Crippen LogP contribution in [0.2, 0.25) is 0 Å². The summed E-state index contributed by atoms with van der Waals surface area (Å²) < 4.78 is 1.60. The smallest absolute Gasteiger partial charge is 0.228 e. The van der Waals surface area contributed by atoms with E-state index in [1.807, 2.05) is 31.2 Å². The molecule has 4 rings (SSSR count). The van der Waals surface area contributed by atoms with Gasteiger partial charge in [-0.25, -0.2) is 4.68 Å². The summed E-state index contributed by atoms with van der Waals surface area (Å²) >= 11 is 0. The van der Waals surface area contributed by atoms with Gasteiger partial charge in [0.2, 0.25) is 5.91 Å². The van der Waals surface area contributed by atoms with E-state index in [0.717, 1.165) is 49.4 Å². The SMILES string of the molecule is Cc1ccc(NC(=O)C2CCCN(Cc3ccccc3)C2)cc1-n1cnnn1. The van der Waals surface area contributed by atoms with Crippen molar-refractivity contribution in [2.45, 2.75) is 26.3 Å². The van der Waals surface area contributed by atoms with Gasteiger partial charge < -0.3 is 5.32 Å². The summed E-state index contributed by atoms with van der Waals surface area (Å²) in [7, 11) is 0. The lowest BCUT2D eigenvalue weighted by Gasteiger charge is -2.32. The quantitative estimate of drug-likeness (QED) is 0.741. The number of likely N-dealkylation sites (tertiary alicyclic amines) is 1. The lowest BCUT2D eigenvalue weighted by atomic mass is 9.96. The number of nitrogens with zero attached hydrogens (tertiary/aromatic N) is 5. The van der Waals surface area contributed by atoms with E-state index >= 15 is 0 Å². The van der Waals surface area contributed by atoms with Crippen LogP contribution in [0.4, 0.5) is 5.69 Å². The van der Waals surface area contributed by atoms with Crippen LogP contribution in [-0.2, 0) is 11.3 Å². The van der Waals surface area contributed by atoms with Crippen LogP contribution in [0, 0.1) is 12.8 Å². The zero-order chi connectivity index (χ0) is 19.3. The number of carbonyl (C=O) groups excluding carboxylic acids is 1. The highest BCUT2D eigenvalue weighted by Crippen LogP contribution is 2.22. The molecule has 1 amide bonds. The largest absolute Gasteiger partial charge is 0.326 e. The maximum absolute atomic E-state index is 12.9. The summed E-state index contributed by atoms with van der Waals surface area (Å²) in [5.74, 6) is 0.0690. The van der Waals surface area contributed by atoms with Gasteiger partial charge in [-0.05, 0) is 60.0 Å². The predicted molar refractivity (Wildman–Crippen MR) is 107 cm³/mol. The zero-order valence-corrected chi connectivity index (χ0v) is 16.0. The molecular weight excluding hydrogens is 352 g/mol. The average molecular weight is 376 g/mol. The van der Waals surface area contributed by atoms with Crippen LogP contribution in [0.25, 0.3) is 5.69 Å². The van der Waals surface area contributed by atoms with Crippen molar-refractivity contribution in [1.29, 1.82) is 0 Å². The number of hydrogen-bond donors (Lipinski definition) is 1. The van der Waals surface area contributed by atoms with Crippen molar-refractivity contribution in [3.05, 3.63) is 66.0 Å². The molecule has 2 aromatic carbocycles. The van der Waals surface area contributed by atoms with Gasteiger partial charge in [0.05, 0.1) is 11.6 Å². The minimum atomic E-state index is -0.00440. The number of carbonyl (C=O) groups is 1. The molecule has 0 bridgehead atoms. The molecule has 7 heteroatoms. The summed E-state index contributed by atoms with van der Waals surface area (Å²) in [6, 6.07) is 16.2. The number of aromatic nitrogens is 4. The van der Waals surface area contributed by atoms with Crippen molar-refractivity contribution in [2.24, 2.45) is 5.92 Å². The molecular formula is C21H24N6O. The van der Waals surface area contributed by atoms with Gasteiger partial charge in [0, 0.05) is 18.8 Å². The second-order valence-electron chi connectivity index (χ2n) is 7.30. The van der Waals surface area contributed by atoms with Gasteiger partial charge in [0.1, 0.15) is 6.33 Å². The summed E-state index contributed by atoms with van der Waals surface area (Å²) in [5, 5.41) is 14.4. The summed E-state index contributed by atoms with van der Waals surface area (Å²) in [6.45, 7) is 4.70. The maximum atomic E-state index is 12.9. The lowest BCUT2D eigenvalue weighted by molar-refractivity contribution is -0.121. The Morgan fingerprint density at radius 2 is 2.07 bits per heavy atom. The molecule has 1 saturated heterocycles. The molecule has 0 spiro atoms. The van der Waals surface area contributed by atoms with Gasteiger partial charge >= 0.3 is 0 Å². The molecule has 0 saturated carbocycles. The number of tetrazole rings is 1. The Balaban J connectivity index is 1.41. The van der Waals surface area contributed by atoms with Gasteiger partial charge in [-0.2, -0.15) is 0 Å². The number of rotatable bonds is 5. The number of hydrogen-bond acceptors (Lipinski definition) is 5. The molecule has 1 aliphatic heterocycles. The van der Waals surface area contributed by atoms with E-state index < -0.39 is 0 Å². The Bertz CT molecular complexity index is 925. The molecule has 7 nitrogen and oxygen atoms in total. The first kappa shape index (κ1) is 18.3. The topological polar surface area (TPSA) is 75.9 Å². The molecule has 1 unspecified atom stereocenters. The van der Waals surface area contributed by atoms with Crippen LogP contribution in [0.1, 0.15) is 24.0 Å². The van der Waals surface area contributed by atoms with Crippen LogP contribution in [-0.4, -0.2) is 44.1 Å². The van der Waals surface area contributed by atoms with Crippen molar-refractivity contribution < 1.29 is 4.79 Å². The number of anilines is 1. The molecule has 1 atom stereocenters. The summed E-state index contributed by atoms with van der Waals surface area (Å²) in [6.07, 6.45) is 3.51. The lowest BCUT2D eigenvalue weighted by Crippen LogP contribution is -2.40. The van der Waals surface area contributed by atoms with Crippen LogP contribution >= 0.6 is 0 Å². The van der Waals surface area contributed by atoms with E-state index in [2.05, 4.69) is 50.0 Å². The first-order chi connectivity index (χ1) is 13.7. The first-order valence-electron chi connectivity index (χ1n) is 9.60. The molecule has 144 valence electrons. The highest BCUT2D eigenvalue weighted by Gasteiger charge is 2.26. The second kappa shape index (κ2) is 8.31. The van der Waals surface area contributed by atoms with Gasteiger partial charge in [0.15, 0.2) is 0 Å². The summed E-state index contributed by atoms with van der Waals surface area (Å²) in [4.78, 5) is 15.2. The van der Waals surface area contributed by atoms with E-state index in [4.69, 9.17) is 0 Å². The fraction of sp³-hybridized carbons (Fsp3) is 0.333. The molecule has 0 aliphatic carbocycles. The van der Waals surface area contributed by atoms with Crippen molar-refractivity contribution in [2.75, 3.05) is 18.4 Å². The van der Waals surface area contributed by atoms with Gasteiger partial charge in [0.25, 0.3) is 0 Å². The zero-order valence-electron chi connectivity index (χ0n) is 16.0. The van der Waals surface area contributed by atoms with Crippen molar-refractivity contribution in [1.82, 2.24) is 25.1 Å². The number of aryl methyl sites for hydroxylation is 1. The molecule has 1 N–H and O–H groups in total. The third-order valence-corrected chi connectivity index (χ3v) is 5.20. The van der Waals surface area contributed by atoms with E-state index in [9.17, 15) is 4.79 Å². The molecule has 2 heterocycles. The third-order valence-electron chi connectivity index (χ3n) is 5.20. The van der Waals surface area contributed by atoms with Crippen molar-refractivity contribution in [3.8, 4) is 5.69 Å². The van der Waals surface area contributed by atoms with E-state index in [1.54, 1.807) is 11.0 Å². The molecule has 0 radical (unpaired) electrons. The van der Waals surface area contributed by atoms with Crippen molar-refractivity contribution >= 4 is 11.6 Å². The number of piperidine rings is 1. The van der Waals surface area contributed by atoms with Crippen LogP contribution in [0.5, 0.6) is 0 Å². The third kappa shape index (κ3) is 4.26. The van der Waals surface area contributed by atoms with E-state index in [-0.39, 0.29) is 11.8 Å². The normalized spacial score (nSPS) is 17.4. The Labute approximate surface area is 164 Å². The Kier molecular flexibility index (Phi) is 5.43. The van der Waals surface area contributed by atoms with Crippen LogP contribution < -0.4 is 5.32 Å². The fourth-order valence-electron chi connectivity index (χ4n) is 3.70. The Morgan fingerprint density at radius 1 is 1.21 bits per heavy atom. The second-order valence-corrected chi connectivity index (χ2v) is 7.30. The molecule has 1 aliphatic rings. The number of benzene rings is 2. The minimum Gasteiger partial charge on any atom is -0.326 e. The van der Waals surface area contributed by atoms with E-state index in [0.29, 0.717) is 0 Å². The predicted octanol–water partition coefficient (Wildman–Crippen LogP) is 2.82. The molecule has 28 heavy (non-hydrogen) atoms. The highest BCUT2D eigenvalue weighted by molar-refractivity contribution is 5.93. The summed E-state index contributed by atoms with van der Waals surface area (Å²) in [5.41, 5.74) is 3.95. The van der Waals surface area contributed by atoms with Crippen LogP contribution in [0.3, 0.4) is 0 Å². The highest BCUT2D eigenvalue weighted by atomic mass is 16.1. The molecule has 1 aromatic heterocycles. The van der Waals surface area contributed by atoms with Gasteiger partial charge in [-0.3, -0.25) is 9.69 Å². The average Bonchev–Trinajstić information content (AvgIpc) is 3.25.